The number of halogens is 1. The van der Waals surface area contributed by atoms with E-state index in [0.29, 0.717) is 6.04 Å². The summed E-state index contributed by atoms with van der Waals surface area (Å²) in [5.41, 5.74) is 0. The molecule has 0 spiro atoms. The van der Waals surface area contributed by atoms with Gasteiger partial charge in [0, 0.05) is 17.5 Å². The summed E-state index contributed by atoms with van der Waals surface area (Å²) in [4.78, 5) is 1.32. The van der Waals surface area contributed by atoms with Crippen molar-refractivity contribution in [3.8, 4) is 0 Å². The van der Waals surface area contributed by atoms with Crippen molar-refractivity contribution < 1.29 is 4.74 Å². The summed E-state index contributed by atoms with van der Waals surface area (Å²) in [6.45, 7) is 8.09. The van der Waals surface area contributed by atoms with Crippen molar-refractivity contribution in [2.24, 2.45) is 0 Å². The summed E-state index contributed by atoms with van der Waals surface area (Å²) >= 11 is 7.62. The Labute approximate surface area is 113 Å². The van der Waals surface area contributed by atoms with Crippen LogP contribution in [0.5, 0.6) is 0 Å². The first-order valence-corrected chi connectivity index (χ1v) is 7.49. The van der Waals surface area contributed by atoms with Crippen LogP contribution in [0, 0.1) is 0 Å². The SMILES string of the molecule is CCNC(Cc1ccc(Cl)s1)C(CC)OCC. The van der Waals surface area contributed by atoms with Crippen molar-refractivity contribution in [3.63, 3.8) is 0 Å². The largest absolute Gasteiger partial charge is 0.377 e. The van der Waals surface area contributed by atoms with Crippen LogP contribution in [0.1, 0.15) is 32.1 Å². The highest BCUT2D eigenvalue weighted by atomic mass is 35.5. The molecule has 98 valence electrons. The number of thiophene rings is 1. The molecule has 2 nitrogen and oxygen atoms in total. The summed E-state index contributed by atoms with van der Waals surface area (Å²) in [5.74, 6) is 0. The monoisotopic (exact) mass is 275 g/mol. The van der Waals surface area contributed by atoms with Gasteiger partial charge in [-0.15, -0.1) is 11.3 Å². The summed E-state index contributed by atoms with van der Waals surface area (Å²) in [7, 11) is 0. The molecule has 17 heavy (non-hydrogen) atoms. The molecule has 1 N–H and O–H groups in total. The molecule has 0 bridgehead atoms. The van der Waals surface area contributed by atoms with Crippen molar-refractivity contribution in [2.45, 2.75) is 45.8 Å². The Hall–Kier alpha value is -0.0900. The molecule has 0 aliphatic carbocycles. The third kappa shape index (κ3) is 4.96. The average molecular weight is 276 g/mol. The van der Waals surface area contributed by atoms with Crippen molar-refractivity contribution in [2.75, 3.05) is 13.2 Å². The molecule has 0 fully saturated rings. The lowest BCUT2D eigenvalue weighted by Crippen LogP contribution is -2.42. The van der Waals surface area contributed by atoms with E-state index in [2.05, 4.69) is 25.2 Å². The van der Waals surface area contributed by atoms with E-state index in [1.165, 1.54) is 4.88 Å². The van der Waals surface area contributed by atoms with Gasteiger partial charge in [0.1, 0.15) is 0 Å². The molecular formula is C13H22ClNOS. The van der Waals surface area contributed by atoms with Crippen LogP contribution < -0.4 is 5.32 Å². The maximum Gasteiger partial charge on any atom is 0.0931 e. The molecule has 0 aromatic carbocycles. The quantitative estimate of drug-likeness (QED) is 0.780. The zero-order chi connectivity index (χ0) is 12.7. The number of hydrogen-bond donors (Lipinski definition) is 1. The molecule has 1 aromatic heterocycles. The molecule has 2 atom stereocenters. The number of likely N-dealkylation sites (N-methyl/N-ethyl adjacent to an activating group) is 1. The predicted octanol–water partition coefficient (Wildman–Crippen LogP) is 3.74. The highest BCUT2D eigenvalue weighted by molar-refractivity contribution is 7.16. The summed E-state index contributed by atoms with van der Waals surface area (Å²) < 4.78 is 6.65. The fourth-order valence-electron chi connectivity index (χ4n) is 2.01. The Morgan fingerprint density at radius 3 is 2.59 bits per heavy atom. The molecule has 4 heteroatoms. The standard InChI is InChI=1S/C13H22ClNOS/c1-4-12(16-6-3)11(15-5-2)9-10-7-8-13(14)17-10/h7-8,11-12,15H,4-6,9H2,1-3H3. The maximum atomic E-state index is 5.96. The maximum absolute atomic E-state index is 5.96. The lowest BCUT2D eigenvalue weighted by atomic mass is 10.0. The van der Waals surface area contributed by atoms with Gasteiger partial charge in [0.2, 0.25) is 0 Å². The summed E-state index contributed by atoms with van der Waals surface area (Å²) in [6, 6.07) is 4.45. The fourth-order valence-corrected chi connectivity index (χ4v) is 3.15. The van der Waals surface area contributed by atoms with E-state index >= 15 is 0 Å². The minimum Gasteiger partial charge on any atom is -0.377 e. The number of nitrogens with one attached hydrogen (secondary N) is 1. The Kier molecular flexibility index (Phi) is 7.12. The molecular weight excluding hydrogens is 254 g/mol. The number of hydrogen-bond acceptors (Lipinski definition) is 3. The van der Waals surface area contributed by atoms with E-state index in [0.717, 1.165) is 30.3 Å². The van der Waals surface area contributed by atoms with Crippen LogP contribution in [-0.4, -0.2) is 25.3 Å². The second kappa shape index (κ2) is 8.09. The predicted molar refractivity (Wildman–Crippen MR) is 76.2 cm³/mol. The van der Waals surface area contributed by atoms with Gasteiger partial charge in [-0.3, -0.25) is 0 Å². The van der Waals surface area contributed by atoms with E-state index < -0.39 is 0 Å². The van der Waals surface area contributed by atoms with E-state index in [4.69, 9.17) is 16.3 Å². The summed E-state index contributed by atoms with van der Waals surface area (Å²) in [5, 5.41) is 3.51. The van der Waals surface area contributed by atoms with Gasteiger partial charge in [-0.25, -0.2) is 0 Å². The topological polar surface area (TPSA) is 21.3 Å². The molecule has 0 saturated carbocycles. The smallest absolute Gasteiger partial charge is 0.0931 e. The van der Waals surface area contributed by atoms with Crippen LogP contribution in [0.15, 0.2) is 12.1 Å². The van der Waals surface area contributed by atoms with Gasteiger partial charge < -0.3 is 10.1 Å². The second-order valence-electron chi connectivity index (χ2n) is 3.98. The molecule has 0 aliphatic rings. The highest BCUT2D eigenvalue weighted by Crippen LogP contribution is 2.23. The van der Waals surface area contributed by atoms with Crippen molar-refractivity contribution in [1.82, 2.24) is 5.32 Å². The van der Waals surface area contributed by atoms with Crippen LogP contribution in [0.2, 0.25) is 4.34 Å². The van der Waals surface area contributed by atoms with E-state index in [-0.39, 0.29) is 6.10 Å². The fraction of sp³-hybridized carbons (Fsp3) is 0.692. The second-order valence-corrected chi connectivity index (χ2v) is 5.78. The molecule has 0 amide bonds. The zero-order valence-corrected chi connectivity index (χ0v) is 12.4. The summed E-state index contributed by atoms with van der Waals surface area (Å²) in [6.07, 6.45) is 2.30. The first-order valence-electron chi connectivity index (χ1n) is 6.30. The molecule has 1 heterocycles. The molecule has 0 radical (unpaired) electrons. The molecule has 2 unspecified atom stereocenters. The Balaban J connectivity index is 2.63. The van der Waals surface area contributed by atoms with Crippen molar-refractivity contribution >= 4 is 22.9 Å². The molecule has 1 rings (SSSR count). The van der Waals surface area contributed by atoms with Crippen LogP contribution in [-0.2, 0) is 11.2 Å². The first-order chi connectivity index (χ1) is 8.21. The van der Waals surface area contributed by atoms with Crippen LogP contribution >= 0.6 is 22.9 Å². The van der Waals surface area contributed by atoms with E-state index in [1.807, 2.05) is 13.0 Å². The average Bonchev–Trinajstić information content (AvgIpc) is 2.71. The normalized spacial score (nSPS) is 14.8. The Morgan fingerprint density at radius 1 is 1.35 bits per heavy atom. The number of rotatable bonds is 8. The molecule has 1 aromatic rings. The third-order valence-electron chi connectivity index (χ3n) is 2.75. The van der Waals surface area contributed by atoms with Crippen LogP contribution in [0.3, 0.4) is 0 Å². The van der Waals surface area contributed by atoms with Gasteiger partial charge >= 0.3 is 0 Å². The third-order valence-corrected chi connectivity index (χ3v) is 4.00. The van der Waals surface area contributed by atoms with Gasteiger partial charge in [0.25, 0.3) is 0 Å². The van der Waals surface area contributed by atoms with Crippen molar-refractivity contribution in [1.29, 1.82) is 0 Å². The van der Waals surface area contributed by atoms with Gasteiger partial charge in [0.05, 0.1) is 10.4 Å². The Morgan fingerprint density at radius 2 is 2.12 bits per heavy atom. The van der Waals surface area contributed by atoms with Gasteiger partial charge in [-0.2, -0.15) is 0 Å². The Bertz CT molecular complexity index is 316. The van der Waals surface area contributed by atoms with Gasteiger partial charge in [-0.1, -0.05) is 25.4 Å². The van der Waals surface area contributed by atoms with Crippen LogP contribution in [0.4, 0.5) is 0 Å². The molecule has 0 saturated heterocycles. The minimum atomic E-state index is 0.279. The molecule has 0 aliphatic heterocycles. The van der Waals surface area contributed by atoms with Gasteiger partial charge in [-0.05, 0) is 38.4 Å². The van der Waals surface area contributed by atoms with E-state index in [1.54, 1.807) is 11.3 Å². The lowest BCUT2D eigenvalue weighted by molar-refractivity contribution is 0.0325. The van der Waals surface area contributed by atoms with Crippen molar-refractivity contribution in [3.05, 3.63) is 21.3 Å². The highest BCUT2D eigenvalue weighted by Gasteiger charge is 2.20. The minimum absolute atomic E-state index is 0.279. The number of ether oxygens (including phenoxy) is 1. The lowest BCUT2D eigenvalue weighted by Gasteiger charge is -2.26. The van der Waals surface area contributed by atoms with E-state index in [9.17, 15) is 0 Å². The zero-order valence-electron chi connectivity index (χ0n) is 10.8. The van der Waals surface area contributed by atoms with Gasteiger partial charge in [0.15, 0.2) is 0 Å². The first kappa shape index (κ1) is 15.0. The van der Waals surface area contributed by atoms with Crippen LogP contribution in [0.25, 0.3) is 0 Å².